The van der Waals surface area contributed by atoms with Crippen LogP contribution in [-0.4, -0.2) is 33.7 Å². The number of nitriles is 1. The molecule has 0 aromatic carbocycles. The summed E-state index contributed by atoms with van der Waals surface area (Å²) in [7, 11) is 1.57. The van der Waals surface area contributed by atoms with Crippen LogP contribution in [0, 0.1) is 11.3 Å². The lowest BCUT2D eigenvalue weighted by molar-refractivity contribution is -0.0886. The van der Waals surface area contributed by atoms with E-state index in [9.17, 15) is 18.0 Å². The quantitative estimate of drug-likeness (QED) is 0.626. The second kappa shape index (κ2) is 7.72. The van der Waals surface area contributed by atoms with Gasteiger partial charge in [-0.05, 0) is 30.7 Å². The number of carbonyl (C=O) groups is 1. The molecule has 4 rings (SSSR count). The Hall–Kier alpha value is -3.93. The molecule has 3 aromatic rings. The minimum absolute atomic E-state index is 0.194. The van der Waals surface area contributed by atoms with Crippen molar-refractivity contribution in [2.24, 2.45) is 0 Å². The van der Waals surface area contributed by atoms with Gasteiger partial charge in [-0.2, -0.15) is 23.5 Å². The third-order valence-electron chi connectivity index (χ3n) is 5.15. The maximum absolute atomic E-state index is 12.9. The van der Waals surface area contributed by atoms with Gasteiger partial charge < -0.3 is 0 Å². The summed E-state index contributed by atoms with van der Waals surface area (Å²) >= 11 is 0. The van der Waals surface area contributed by atoms with Gasteiger partial charge in [0.2, 0.25) is 0 Å². The van der Waals surface area contributed by atoms with Crippen LogP contribution in [0.25, 0.3) is 5.52 Å². The normalized spacial score (nSPS) is 16.1. The van der Waals surface area contributed by atoms with Crippen LogP contribution < -0.4 is 4.90 Å². The molecule has 1 unspecified atom stereocenters. The van der Waals surface area contributed by atoms with Crippen molar-refractivity contribution in [1.82, 2.24) is 14.6 Å². The fraction of sp³-hybridized carbons (Fsp3) is 0.182. The van der Waals surface area contributed by atoms with Gasteiger partial charge in [-0.1, -0.05) is 18.2 Å². The molecule has 0 saturated carbocycles. The van der Waals surface area contributed by atoms with E-state index in [2.05, 4.69) is 10.1 Å². The van der Waals surface area contributed by atoms with Gasteiger partial charge in [0.05, 0.1) is 22.9 Å². The fourth-order valence-corrected chi connectivity index (χ4v) is 3.43. The minimum Gasteiger partial charge on any atom is -0.296 e. The van der Waals surface area contributed by atoms with Crippen LogP contribution >= 0.6 is 0 Å². The highest BCUT2D eigenvalue weighted by Gasteiger charge is 2.33. The van der Waals surface area contributed by atoms with E-state index in [0.717, 1.165) is 11.6 Å². The van der Waals surface area contributed by atoms with E-state index in [4.69, 9.17) is 5.26 Å². The van der Waals surface area contributed by atoms with Crippen molar-refractivity contribution in [3.05, 3.63) is 83.3 Å². The van der Waals surface area contributed by atoms with Crippen molar-refractivity contribution in [2.45, 2.75) is 18.5 Å². The smallest absolute Gasteiger partial charge is 0.296 e. The average molecular weight is 423 g/mol. The third-order valence-corrected chi connectivity index (χ3v) is 5.15. The largest absolute Gasteiger partial charge is 0.416 e. The summed E-state index contributed by atoms with van der Waals surface area (Å²) in [6.45, 7) is 0. The first-order chi connectivity index (χ1) is 14.8. The Labute approximate surface area is 175 Å². The third kappa shape index (κ3) is 3.92. The summed E-state index contributed by atoms with van der Waals surface area (Å²) in [5.41, 5.74) is 1.49. The summed E-state index contributed by atoms with van der Waals surface area (Å²) in [5.74, 6) is -0.199. The Kier molecular flexibility index (Phi) is 5.07. The van der Waals surface area contributed by atoms with Crippen LogP contribution in [0.15, 0.2) is 66.7 Å². The van der Waals surface area contributed by atoms with E-state index in [0.29, 0.717) is 22.5 Å². The predicted octanol–water partition coefficient (Wildman–Crippen LogP) is 4.41. The van der Waals surface area contributed by atoms with Crippen molar-refractivity contribution in [3.63, 3.8) is 0 Å². The topological polar surface area (TPSA) is 74.3 Å². The van der Waals surface area contributed by atoms with Gasteiger partial charge in [-0.15, -0.1) is 0 Å². The molecule has 1 amide bonds. The minimum atomic E-state index is -4.37. The van der Waals surface area contributed by atoms with Crippen molar-refractivity contribution in [2.75, 3.05) is 11.9 Å². The summed E-state index contributed by atoms with van der Waals surface area (Å²) in [5, 5.41) is 13.1. The van der Waals surface area contributed by atoms with Crippen LogP contribution in [0.2, 0.25) is 0 Å². The molecule has 9 heteroatoms. The molecule has 0 fully saturated rings. The lowest BCUT2D eigenvalue weighted by Crippen LogP contribution is -2.27. The summed E-state index contributed by atoms with van der Waals surface area (Å²) in [6.07, 6.45) is 4.22. The number of amides is 1. The van der Waals surface area contributed by atoms with Crippen molar-refractivity contribution in [3.8, 4) is 6.07 Å². The number of pyridine rings is 2. The Bertz CT molecular complexity index is 1250. The fourth-order valence-electron chi connectivity index (χ4n) is 3.43. The molecule has 0 bridgehead atoms. The molecule has 3 heterocycles. The van der Waals surface area contributed by atoms with Crippen LogP contribution in [0.1, 0.15) is 33.8 Å². The molecule has 1 atom stereocenters. The molecule has 0 aliphatic heterocycles. The number of fused-ring (bicyclic) bond motifs is 1. The van der Waals surface area contributed by atoms with E-state index in [-0.39, 0.29) is 18.2 Å². The zero-order valence-corrected chi connectivity index (χ0v) is 16.3. The first-order valence-corrected chi connectivity index (χ1v) is 9.35. The molecule has 0 N–H and O–H groups in total. The van der Waals surface area contributed by atoms with E-state index in [1.165, 1.54) is 23.2 Å². The Morgan fingerprint density at radius 1 is 1.29 bits per heavy atom. The average Bonchev–Trinajstić information content (AvgIpc) is 3.21. The van der Waals surface area contributed by atoms with E-state index < -0.39 is 11.7 Å². The van der Waals surface area contributed by atoms with Crippen LogP contribution in [0.4, 0.5) is 19.0 Å². The zero-order chi connectivity index (χ0) is 22.2. The maximum atomic E-state index is 12.9. The molecule has 6 nitrogen and oxygen atoms in total. The first-order valence-electron chi connectivity index (χ1n) is 9.35. The second-order valence-corrected chi connectivity index (χ2v) is 7.08. The molecule has 156 valence electrons. The van der Waals surface area contributed by atoms with Crippen LogP contribution in [0.3, 0.4) is 0 Å². The van der Waals surface area contributed by atoms with E-state index in [1.54, 1.807) is 48.2 Å². The van der Waals surface area contributed by atoms with Gasteiger partial charge in [-0.25, -0.2) is 9.50 Å². The molecular weight excluding hydrogens is 407 g/mol. The highest BCUT2D eigenvalue weighted by molar-refractivity contribution is 6.05. The van der Waals surface area contributed by atoms with Gasteiger partial charge in [-0.3, -0.25) is 9.69 Å². The lowest BCUT2D eigenvalue weighted by Gasteiger charge is -2.18. The predicted molar refractivity (Wildman–Crippen MR) is 108 cm³/mol. The summed E-state index contributed by atoms with van der Waals surface area (Å²) in [6, 6.07) is 8.41. The zero-order valence-electron chi connectivity index (χ0n) is 16.3. The molecule has 0 spiro atoms. The molecule has 0 radical (unpaired) electrons. The van der Waals surface area contributed by atoms with Crippen LogP contribution in [-0.2, 0) is 0 Å². The van der Waals surface area contributed by atoms with Crippen molar-refractivity contribution >= 4 is 17.2 Å². The number of rotatable bonds is 3. The second-order valence-electron chi connectivity index (χ2n) is 7.08. The standard InChI is InChI=1S/C22H16F3N5O/c1-29(20-7-2-14(11-26)12-27-20)21(31)16-8-9-30-19(10-16)18(13-28-30)15-3-5-17(6-4-15)22(23,24)25/h2-3,5-10,12-13,15H,4H2,1H3. The SMILES string of the molecule is CN(C(=O)c1ccn2ncc(C3C=CC(C(F)(F)F)=CC3)c2c1)c1ccc(C#N)cn1. The van der Waals surface area contributed by atoms with Crippen molar-refractivity contribution in [1.29, 1.82) is 5.26 Å². The Balaban J connectivity index is 1.61. The van der Waals surface area contributed by atoms with Crippen molar-refractivity contribution < 1.29 is 18.0 Å². The molecule has 3 aromatic heterocycles. The van der Waals surface area contributed by atoms with Gasteiger partial charge >= 0.3 is 6.18 Å². The number of nitrogens with zero attached hydrogens (tertiary/aromatic N) is 5. The number of hydrogen-bond donors (Lipinski definition) is 0. The van der Waals surface area contributed by atoms with Gasteiger partial charge in [0.15, 0.2) is 0 Å². The molecular formula is C22H16F3N5O. The van der Waals surface area contributed by atoms with Gasteiger partial charge in [0.1, 0.15) is 11.9 Å². The van der Waals surface area contributed by atoms with Crippen LogP contribution in [0.5, 0.6) is 0 Å². The highest BCUT2D eigenvalue weighted by Crippen LogP contribution is 2.35. The summed E-state index contributed by atoms with van der Waals surface area (Å²) < 4.78 is 40.2. The monoisotopic (exact) mass is 423 g/mol. The number of hydrogen-bond acceptors (Lipinski definition) is 4. The summed E-state index contributed by atoms with van der Waals surface area (Å²) in [4.78, 5) is 18.4. The first kappa shape index (κ1) is 20.3. The van der Waals surface area contributed by atoms with Gasteiger partial charge in [0.25, 0.3) is 5.91 Å². The van der Waals surface area contributed by atoms with Gasteiger partial charge in [0, 0.05) is 36.5 Å². The number of carbonyl (C=O) groups excluding carboxylic acids is 1. The number of halogens is 3. The molecule has 1 aliphatic carbocycles. The van der Waals surface area contributed by atoms with E-state index in [1.807, 2.05) is 6.07 Å². The Morgan fingerprint density at radius 2 is 2.10 bits per heavy atom. The number of alkyl halides is 3. The number of allylic oxidation sites excluding steroid dienone is 4. The number of anilines is 1. The molecule has 1 aliphatic rings. The molecule has 0 saturated heterocycles. The molecule has 31 heavy (non-hydrogen) atoms. The van der Waals surface area contributed by atoms with E-state index >= 15 is 0 Å². The lowest BCUT2D eigenvalue weighted by atomic mass is 9.90. The highest BCUT2D eigenvalue weighted by atomic mass is 19.4. The Morgan fingerprint density at radius 3 is 2.71 bits per heavy atom. The number of aromatic nitrogens is 3. The maximum Gasteiger partial charge on any atom is 0.416 e.